The number of nitrogens with one attached hydrogen (secondary N) is 2. The molecule has 0 unspecified atom stereocenters. The fraction of sp³-hybridized carbons (Fsp3) is 0.167. The number of hydrogen-bond donors (Lipinski definition) is 2. The summed E-state index contributed by atoms with van der Waals surface area (Å²) in [5, 5.41) is 4.60. The Balaban J connectivity index is 1.78. The summed E-state index contributed by atoms with van der Waals surface area (Å²) in [6, 6.07) is 9.73. The van der Waals surface area contributed by atoms with Crippen LogP contribution in [0.3, 0.4) is 0 Å². The molecular weight excluding hydrogens is 357 g/mol. The third kappa shape index (κ3) is 3.97. The molecular formula is C18H16FN3O3S. The number of carbonyl (C=O) groups excluding carboxylic acids is 1. The second-order valence-electron chi connectivity index (χ2n) is 5.58. The van der Waals surface area contributed by atoms with Crippen molar-refractivity contribution in [3.63, 3.8) is 0 Å². The number of aromatic amines is 1. The first-order valence-electron chi connectivity index (χ1n) is 7.93. The standard InChI is InChI=1S/C18H16FN3O3S/c19-15-6-2-1-4-12(15)11-22-17(24)14(10-21-18(22)25)16(23)20-8-7-13-5-3-9-26-13/h1-6,9-10H,7-8,11H2,(H,20,23)(H,21,25). The summed E-state index contributed by atoms with van der Waals surface area (Å²) >= 11 is 1.58. The highest BCUT2D eigenvalue weighted by Gasteiger charge is 2.15. The lowest BCUT2D eigenvalue weighted by Gasteiger charge is -2.08. The Labute approximate surface area is 151 Å². The molecule has 0 saturated heterocycles. The number of nitrogens with zero attached hydrogens (tertiary/aromatic N) is 1. The van der Waals surface area contributed by atoms with Crippen molar-refractivity contribution in [3.05, 3.63) is 90.6 Å². The van der Waals surface area contributed by atoms with Gasteiger partial charge in [-0.25, -0.2) is 9.18 Å². The van der Waals surface area contributed by atoms with Crippen LogP contribution in [-0.4, -0.2) is 22.0 Å². The summed E-state index contributed by atoms with van der Waals surface area (Å²) in [7, 11) is 0. The minimum Gasteiger partial charge on any atom is -0.351 e. The van der Waals surface area contributed by atoms with Gasteiger partial charge < -0.3 is 10.3 Å². The van der Waals surface area contributed by atoms with E-state index in [0.717, 1.165) is 15.6 Å². The molecule has 1 aromatic carbocycles. The zero-order valence-electron chi connectivity index (χ0n) is 13.7. The van der Waals surface area contributed by atoms with Crippen molar-refractivity contribution in [2.75, 3.05) is 6.54 Å². The summed E-state index contributed by atoms with van der Waals surface area (Å²) in [6.45, 7) is 0.113. The smallest absolute Gasteiger partial charge is 0.328 e. The van der Waals surface area contributed by atoms with Gasteiger partial charge in [-0.05, 0) is 23.9 Å². The van der Waals surface area contributed by atoms with Crippen LogP contribution in [0.5, 0.6) is 0 Å². The number of carbonyl (C=O) groups is 1. The van der Waals surface area contributed by atoms with E-state index >= 15 is 0 Å². The molecule has 2 N–H and O–H groups in total. The van der Waals surface area contributed by atoms with Crippen molar-refractivity contribution in [3.8, 4) is 0 Å². The molecule has 8 heteroatoms. The average Bonchev–Trinajstić information content (AvgIpc) is 3.13. The van der Waals surface area contributed by atoms with E-state index in [9.17, 15) is 18.8 Å². The summed E-state index contributed by atoms with van der Waals surface area (Å²) < 4.78 is 14.6. The quantitative estimate of drug-likeness (QED) is 0.691. The van der Waals surface area contributed by atoms with Gasteiger partial charge in [0.25, 0.3) is 11.5 Å². The van der Waals surface area contributed by atoms with Gasteiger partial charge in [-0.3, -0.25) is 14.2 Å². The van der Waals surface area contributed by atoms with Gasteiger partial charge in [0.05, 0.1) is 6.54 Å². The van der Waals surface area contributed by atoms with Crippen LogP contribution < -0.4 is 16.6 Å². The van der Waals surface area contributed by atoms with Crippen LogP contribution in [0, 0.1) is 5.82 Å². The SMILES string of the molecule is O=C(NCCc1cccs1)c1c[nH]c(=O)n(Cc2ccccc2F)c1=O. The molecule has 0 spiro atoms. The van der Waals surface area contributed by atoms with Crippen molar-refractivity contribution in [2.45, 2.75) is 13.0 Å². The maximum Gasteiger partial charge on any atom is 0.328 e. The highest BCUT2D eigenvalue weighted by molar-refractivity contribution is 7.09. The van der Waals surface area contributed by atoms with E-state index in [1.54, 1.807) is 17.4 Å². The summed E-state index contributed by atoms with van der Waals surface area (Å²) in [6.07, 6.45) is 1.74. The molecule has 26 heavy (non-hydrogen) atoms. The molecule has 0 saturated carbocycles. The molecule has 0 atom stereocenters. The minimum atomic E-state index is -0.759. The van der Waals surface area contributed by atoms with Gasteiger partial charge in [0.15, 0.2) is 0 Å². The fourth-order valence-electron chi connectivity index (χ4n) is 2.46. The van der Waals surface area contributed by atoms with Gasteiger partial charge in [-0.15, -0.1) is 11.3 Å². The van der Waals surface area contributed by atoms with Crippen molar-refractivity contribution in [1.29, 1.82) is 0 Å². The van der Waals surface area contributed by atoms with Crippen LogP contribution in [0.1, 0.15) is 20.8 Å². The van der Waals surface area contributed by atoms with Gasteiger partial charge in [0, 0.05) is 23.2 Å². The Hall–Kier alpha value is -3.00. The molecule has 3 rings (SSSR count). The molecule has 6 nitrogen and oxygen atoms in total. The van der Waals surface area contributed by atoms with E-state index < -0.39 is 23.0 Å². The molecule has 2 heterocycles. The number of thiophene rings is 1. The van der Waals surface area contributed by atoms with Crippen molar-refractivity contribution < 1.29 is 9.18 Å². The van der Waals surface area contributed by atoms with Crippen LogP contribution in [0.15, 0.2) is 57.6 Å². The summed E-state index contributed by atoms with van der Waals surface area (Å²) in [4.78, 5) is 40.2. The summed E-state index contributed by atoms with van der Waals surface area (Å²) in [5.74, 6) is -1.10. The van der Waals surface area contributed by atoms with E-state index in [0.29, 0.717) is 13.0 Å². The Bertz CT molecular complexity index is 1020. The number of benzene rings is 1. The highest BCUT2D eigenvalue weighted by atomic mass is 32.1. The van der Waals surface area contributed by atoms with Gasteiger partial charge in [0.2, 0.25) is 0 Å². The summed E-state index contributed by atoms with van der Waals surface area (Å²) in [5.41, 5.74) is -1.46. The molecule has 3 aromatic rings. The molecule has 1 amide bonds. The number of hydrogen-bond acceptors (Lipinski definition) is 4. The molecule has 0 aliphatic carbocycles. The van der Waals surface area contributed by atoms with Crippen molar-refractivity contribution >= 4 is 17.2 Å². The second-order valence-corrected chi connectivity index (χ2v) is 6.61. The Morgan fingerprint density at radius 1 is 1.19 bits per heavy atom. The lowest BCUT2D eigenvalue weighted by Crippen LogP contribution is -2.41. The van der Waals surface area contributed by atoms with Crippen LogP contribution >= 0.6 is 11.3 Å². The lowest BCUT2D eigenvalue weighted by molar-refractivity contribution is 0.0951. The van der Waals surface area contributed by atoms with Crippen molar-refractivity contribution in [1.82, 2.24) is 14.9 Å². The molecule has 0 fully saturated rings. The zero-order chi connectivity index (χ0) is 18.5. The average molecular weight is 373 g/mol. The highest BCUT2D eigenvalue weighted by Crippen LogP contribution is 2.08. The van der Waals surface area contributed by atoms with Gasteiger partial charge >= 0.3 is 5.69 Å². The van der Waals surface area contributed by atoms with Gasteiger partial charge in [0.1, 0.15) is 11.4 Å². The first kappa shape index (κ1) is 17.8. The molecule has 2 aromatic heterocycles. The molecule has 0 radical (unpaired) electrons. The lowest BCUT2D eigenvalue weighted by atomic mass is 10.2. The van der Waals surface area contributed by atoms with Crippen LogP contribution in [-0.2, 0) is 13.0 Å². The maximum absolute atomic E-state index is 13.8. The molecule has 0 aliphatic heterocycles. The van der Waals surface area contributed by atoms with Crippen LogP contribution in [0.4, 0.5) is 4.39 Å². The third-order valence-electron chi connectivity index (χ3n) is 3.83. The van der Waals surface area contributed by atoms with E-state index in [1.165, 1.54) is 18.2 Å². The monoisotopic (exact) mass is 373 g/mol. The van der Waals surface area contributed by atoms with Crippen molar-refractivity contribution in [2.24, 2.45) is 0 Å². The third-order valence-corrected chi connectivity index (χ3v) is 4.76. The van der Waals surface area contributed by atoms with E-state index in [1.807, 2.05) is 17.5 Å². The zero-order valence-corrected chi connectivity index (χ0v) is 14.5. The Morgan fingerprint density at radius 3 is 2.73 bits per heavy atom. The first-order chi connectivity index (χ1) is 12.6. The first-order valence-corrected chi connectivity index (χ1v) is 8.80. The van der Waals surface area contributed by atoms with Crippen LogP contribution in [0.25, 0.3) is 0 Å². The normalized spacial score (nSPS) is 10.7. The predicted molar refractivity (Wildman–Crippen MR) is 97.2 cm³/mol. The Morgan fingerprint density at radius 2 is 2.00 bits per heavy atom. The fourth-order valence-corrected chi connectivity index (χ4v) is 3.17. The molecule has 134 valence electrons. The Kier molecular flexibility index (Phi) is 5.43. The minimum absolute atomic E-state index is 0.188. The maximum atomic E-state index is 13.8. The molecule has 0 bridgehead atoms. The van der Waals surface area contributed by atoms with Crippen LogP contribution in [0.2, 0.25) is 0 Å². The number of rotatable bonds is 6. The van der Waals surface area contributed by atoms with Gasteiger partial charge in [-0.1, -0.05) is 24.3 Å². The molecule has 0 aliphatic rings. The largest absolute Gasteiger partial charge is 0.351 e. The van der Waals surface area contributed by atoms with E-state index in [4.69, 9.17) is 0 Å². The van der Waals surface area contributed by atoms with E-state index in [2.05, 4.69) is 10.3 Å². The topological polar surface area (TPSA) is 84.0 Å². The number of halogens is 1. The van der Waals surface area contributed by atoms with Gasteiger partial charge in [-0.2, -0.15) is 0 Å². The number of aromatic nitrogens is 2. The number of amides is 1. The predicted octanol–water partition coefficient (Wildman–Crippen LogP) is 1.76. The number of H-pyrrole nitrogens is 1. The van der Waals surface area contributed by atoms with E-state index in [-0.39, 0.29) is 17.7 Å². The second kappa shape index (κ2) is 7.92.